The molecular formula is C21H25N5. The molecule has 1 unspecified atom stereocenters. The van der Waals surface area contributed by atoms with Gasteiger partial charge in [0.25, 0.3) is 0 Å². The highest BCUT2D eigenvalue weighted by atomic mass is 15.2. The molecule has 1 fully saturated rings. The molecule has 0 spiro atoms. The summed E-state index contributed by atoms with van der Waals surface area (Å²) in [5, 5.41) is 0. The summed E-state index contributed by atoms with van der Waals surface area (Å²) >= 11 is 0. The molecule has 3 aromatic rings. The number of hydrogen-bond acceptors (Lipinski definition) is 4. The zero-order valence-corrected chi connectivity index (χ0v) is 15.3. The molecule has 1 aliphatic heterocycles. The largest absolute Gasteiger partial charge is 0.298 e. The van der Waals surface area contributed by atoms with Crippen molar-refractivity contribution in [3.8, 4) is 5.82 Å². The Balaban J connectivity index is 1.58. The zero-order valence-electron chi connectivity index (χ0n) is 15.3. The van der Waals surface area contributed by atoms with Crippen LogP contribution in [0.15, 0.2) is 55.1 Å². The minimum absolute atomic E-state index is 0.406. The number of hydrogen-bond donors (Lipinski definition) is 0. The van der Waals surface area contributed by atoms with Crippen LogP contribution in [0.4, 0.5) is 0 Å². The van der Waals surface area contributed by atoms with Crippen LogP contribution >= 0.6 is 0 Å². The van der Waals surface area contributed by atoms with Crippen LogP contribution in [-0.2, 0) is 13.0 Å². The molecule has 1 aliphatic rings. The van der Waals surface area contributed by atoms with Crippen LogP contribution in [0.25, 0.3) is 5.82 Å². The standard InChI is InChI=1S/C21H25N5/c1-2-19-22-12-14-26(19)21-20(23-10-11-24-21)18-9-6-13-25(16-18)15-17-7-4-3-5-8-17/h3-5,7-8,10-12,14,18H,2,6,9,13,15-16H2,1H3. The van der Waals surface area contributed by atoms with Gasteiger partial charge in [0.2, 0.25) is 0 Å². The van der Waals surface area contributed by atoms with Crippen molar-refractivity contribution in [2.45, 2.75) is 38.6 Å². The number of nitrogens with zero attached hydrogens (tertiary/aromatic N) is 5. The lowest BCUT2D eigenvalue weighted by atomic mass is 9.94. The monoisotopic (exact) mass is 347 g/mol. The van der Waals surface area contributed by atoms with Crippen LogP contribution in [0, 0.1) is 0 Å². The van der Waals surface area contributed by atoms with Gasteiger partial charge in [0.05, 0.1) is 5.69 Å². The number of aromatic nitrogens is 4. The summed E-state index contributed by atoms with van der Waals surface area (Å²) in [7, 11) is 0. The number of likely N-dealkylation sites (tertiary alicyclic amines) is 1. The van der Waals surface area contributed by atoms with Crippen LogP contribution in [0.1, 0.15) is 42.8 Å². The summed E-state index contributed by atoms with van der Waals surface area (Å²) in [5.41, 5.74) is 2.47. The van der Waals surface area contributed by atoms with E-state index in [1.54, 1.807) is 6.20 Å². The average Bonchev–Trinajstić information content (AvgIpc) is 3.18. The van der Waals surface area contributed by atoms with Crippen molar-refractivity contribution in [1.29, 1.82) is 0 Å². The molecule has 0 bridgehead atoms. The molecular weight excluding hydrogens is 322 g/mol. The van der Waals surface area contributed by atoms with Gasteiger partial charge >= 0.3 is 0 Å². The van der Waals surface area contributed by atoms with E-state index in [2.05, 4.69) is 56.7 Å². The lowest BCUT2D eigenvalue weighted by molar-refractivity contribution is 0.198. The maximum absolute atomic E-state index is 4.74. The number of rotatable bonds is 5. The highest BCUT2D eigenvalue weighted by Gasteiger charge is 2.26. The van der Waals surface area contributed by atoms with E-state index in [-0.39, 0.29) is 0 Å². The Kier molecular flexibility index (Phi) is 5.07. The number of imidazole rings is 1. The first kappa shape index (κ1) is 16.9. The molecule has 4 rings (SSSR count). The molecule has 1 saturated heterocycles. The second kappa shape index (κ2) is 7.79. The van der Waals surface area contributed by atoms with Gasteiger partial charge in [-0.2, -0.15) is 0 Å². The summed E-state index contributed by atoms with van der Waals surface area (Å²) in [6, 6.07) is 10.7. The summed E-state index contributed by atoms with van der Waals surface area (Å²) in [6.07, 6.45) is 10.7. The fraction of sp³-hybridized carbons (Fsp3) is 0.381. The molecule has 5 heteroatoms. The molecule has 134 valence electrons. The normalized spacial score (nSPS) is 18.1. The Morgan fingerprint density at radius 1 is 1.04 bits per heavy atom. The van der Waals surface area contributed by atoms with Gasteiger partial charge in [-0.25, -0.2) is 9.97 Å². The summed E-state index contributed by atoms with van der Waals surface area (Å²) in [6.45, 7) is 5.29. The molecule has 0 saturated carbocycles. The van der Waals surface area contributed by atoms with Crippen LogP contribution in [0.5, 0.6) is 0 Å². The predicted molar refractivity (Wildman–Crippen MR) is 102 cm³/mol. The lowest BCUT2D eigenvalue weighted by Gasteiger charge is -2.33. The molecule has 0 radical (unpaired) electrons. The van der Waals surface area contributed by atoms with E-state index in [9.17, 15) is 0 Å². The third kappa shape index (κ3) is 3.53. The number of aryl methyl sites for hydroxylation is 1. The first-order valence-electron chi connectivity index (χ1n) is 9.45. The Labute approximate surface area is 154 Å². The van der Waals surface area contributed by atoms with Gasteiger partial charge < -0.3 is 0 Å². The second-order valence-corrected chi connectivity index (χ2v) is 6.89. The van der Waals surface area contributed by atoms with Gasteiger partial charge in [-0.3, -0.25) is 14.5 Å². The summed E-state index contributed by atoms with van der Waals surface area (Å²) in [5.74, 6) is 2.38. The summed E-state index contributed by atoms with van der Waals surface area (Å²) in [4.78, 5) is 16.4. The molecule has 0 aliphatic carbocycles. The molecule has 1 aromatic carbocycles. The van der Waals surface area contributed by atoms with Gasteiger partial charge in [-0.15, -0.1) is 0 Å². The molecule has 5 nitrogen and oxygen atoms in total. The molecule has 3 heterocycles. The quantitative estimate of drug-likeness (QED) is 0.707. The van der Waals surface area contributed by atoms with E-state index < -0.39 is 0 Å². The van der Waals surface area contributed by atoms with Crippen molar-refractivity contribution < 1.29 is 0 Å². The maximum atomic E-state index is 4.74. The molecule has 0 amide bonds. The van der Waals surface area contributed by atoms with E-state index in [1.165, 1.54) is 12.0 Å². The van der Waals surface area contributed by atoms with E-state index in [0.717, 1.165) is 49.8 Å². The van der Waals surface area contributed by atoms with E-state index in [1.807, 2.05) is 18.6 Å². The van der Waals surface area contributed by atoms with Crippen molar-refractivity contribution in [3.05, 3.63) is 72.2 Å². The van der Waals surface area contributed by atoms with E-state index in [4.69, 9.17) is 4.98 Å². The minimum Gasteiger partial charge on any atom is -0.298 e. The maximum Gasteiger partial charge on any atom is 0.160 e. The van der Waals surface area contributed by atoms with Gasteiger partial charge in [-0.05, 0) is 24.9 Å². The number of benzene rings is 1. The van der Waals surface area contributed by atoms with Crippen molar-refractivity contribution in [2.24, 2.45) is 0 Å². The lowest BCUT2D eigenvalue weighted by Crippen LogP contribution is -2.34. The Morgan fingerprint density at radius 3 is 2.73 bits per heavy atom. The zero-order chi connectivity index (χ0) is 17.8. The first-order chi connectivity index (χ1) is 12.8. The molecule has 1 atom stereocenters. The van der Waals surface area contributed by atoms with Crippen LogP contribution in [-0.4, -0.2) is 37.5 Å². The van der Waals surface area contributed by atoms with Crippen LogP contribution in [0.3, 0.4) is 0 Å². The molecule has 2 aromatic heterocycles. The summed E-state index contributed by atoms with van der Waals surface area (Å²) < 4.78 is 2.10. The smallest absolute Gasteiger partial charge is 0.160 e. The van der Waals surface area contributed by atoms with E-state index >= 15 is 0 Å². The molecule has 26 heavy (non-hydrogen) atoms. The number of piperidine rings is 1. The third-order valence-corrected chi connectivity index (χ3v) is 5.11. The van der Waals surface area contributed by atoms with Gasteiger partial charge in [0.1, 0.15) is 5.82 Å². The topological polar surface area (TPSA) is 46.8 Å². The first-order valence-corrected chi connectivity index (χ1v) is 9.45. The average molecular weight is 347 g/mol. The highest BCUT2D eigenvalue weighted by molar-refractivity contribution is 5.33. The van der Waals surface area contributed by atoms with Crippen LogP contribution < -0.4 is 0 Å². The van der Waals surface area contributed by atoms with Crippen LogP contribution in [0.2, 0.25) is 0 Å². The van der Waals surface area contributed by atoms with Crippen molar-refractivity contribution in [1.82, 2.24) is 24.4 Å². The molecule has 0 N–H and O–H groups in total. The van der Waals surface area contributed by atoms with E-state index in [0.29, 0.717) is 5.92 Å². The van der Waals surface area contributed by atoms with Crippen molar-refractivity contribution in [2.75, 3.05) is 13.1 Å². The Bertz CT molecular complexity index is 842. The van der Waals surface area contributed by atoms with Gasteiger partial charge in [-0.1, -0.05) is 37.3 Å². The van der Waals surface area contributed by atoms with Gasteiger partial charge in [0.15, 0.2) is 5.82 Å². The fourth-order valence-corrected chi connectivity index (χ4v) is 3.87. The van der Waals surface area contributed by atoms with Crippen molar-refractivity contribution in [3.63, 3.8) is 0 Å². The van der Waals surface area contributed by atoms with Gasteiger partial charge in [0, 0.05) is 50.2 Å². The highest BCUT2D eigenvalue weighted by Crippen LogP contribution is 2.29. The Hall–Kier alpha value is -2.53. The third-order valence-electron chi connectivity index (χ3n) is 5.11. The SMILES string of the molecule is CCc1nccn1-c1nccnc1C1CCCN(Cc2ccccc2)C1. The predicted octanol–water partition coefficient (Wildman–Crippen LogP) is 3.60. The minimum atomic E-state index is 0.406. The van der Waals surface area contributed by atoms with Crippen molar-refractivity contribution >= 4 is 0 Å². The fourth-order valence-electron chi connectivity index (χ4n) is 3.87. The Morgan fingerprint density at radius 2 is 1.88 bits per heavy atom. The second-order valence-electron chi connectivity index (χ2n) is 6.89.